The molecule has 0 spiro atoms. The highest BCUT2D eigenvalue weighted by atomic mass is 16.2. The molecular weight excluding hydrogens is 224 g/mol. The molecule has 1 heterocycles. The fourth-order valence-corrected chi connectivity index (χ4v) is 4.39. The third-order valence-electron chi connectivity index (χ3n) is 5.80. The predicted octanol–water partition coefficient (Wildman–Crippen LogP) is 1.93. The van der Waals surface area contributed by atoms with Gasteiger partial charge < -0.3 is 10.6 Å². The maximum absolute atomic E-state index is 12.7. The molecule has 2 bridgehead atoms. The predicted molar refractivity (Wildman–Crippen MR) is 72.1 cm³/mol. The van der Waals surface area contributed by atoms with Gasteiger partial charge in [-0.2, -0.15) is 0 Å². The second-order valence-electron chi connectivity index (χ2n) is 6.99. The molecule has 3 rings (SSSR count). The van der Waals surface area contributed by atoms with Crippen LogP contribution in [0.1, 0.15) is 46.0 Å². The molecule has 0 radical (unpaired) electrons. The van der Waals surface area contributed by atoms with Gasteiger partial charge in [0.25, 0.3) is 0 Å². The molecule has 4 unspecified atom stereocenters. The van der Waals surface area contributed by atoms with Crippen LogP contribution in [0.5, 0.6) is 0 Å². The van der Waals surface area contributed by atoms with Gasteiger partial charge in [-0.05, 0) is 50.0 Å². The summed E-state index contributed by atoms with van der Waals surface area (Å²) in [6.07, 6.45) is 6.32. The Balaban J connectivity index is 1.67. The fraction of sp³-hybridized carbons (Fsp3) is 0.933. The Labute approximate surface area is 110 Å². The third kappa shape index (κ3) is 1.87. The monoisotopic (exact) mass is 250 g/mol. The molecule has 3 heteroatoms. The summed E-state index contributed by atoms with van der Waals surface area (Å²) in [6.45, 7) is 6.22. The highest BCUT2D eigenvalue weighted by Gasteiger charge is 2.47. The van der Waals surface area contributed by atoms with Crippen LogP contribution in [0.15, 0.2) is 0 Å². The van der Waals surface area contributed by atoms with Gasteiger partial charge in [-0.15, -0.1) is 0 Å². The lowest BCUT2D eigenvalue weighted by molar-refractivity contribution is -0.133. The van der Waals surface area contributed by atoms with Gasteiger partial charge in [0.15, 0.2) is 0 Å². The minimum absolute atomic E-state index is 0.151. The van der Waals surface area contributed by atoms with Gasteiger partial charge in [-0.3, -0.25) is 4.79 Å². The molecule has 0 aromatic heterocycles. The molecule has 3 aliphatic rings. The van der Waals surface area contributed by atoms with E-state index in [1.54, 1.807) is 0 Å². The molecule has 1 amide bonds. The Morgan fingerprint density at radius 1 is 1.33 bits per heavy atom. The van der Waals surface area contributed by atoms with Gasteiger partial charge in [-0.1, -0.05) is 20.3 Å². The SMILES string of the molecule is CC(C)C1(C(=O)NC2CC3CCC2C3)CCNC1. The number of amides is 1. The Bertz CT molecular complexity index is 333. The first kappa shape index (κ1) is 12.5. The van der Waals surface area contributed by atoms with Crippen molar-refractivity contribution in [1.29, 1.82) is 0 Å². The molecule has 1 saturated heterocycles. The van der Waals surface area contributed by atoms with Crippen LogP contribution in [0.25, 0.3) is 0 Å². The number of rotatable bonds is 3. The molecule has 2 saturated carbocycles. The largest absolute Gasteiger partial charge is 0.353 e. The van der Waals surface area contributed by atoms with E-state index in [-0.39, 0.29) is 5.41 Å². The summed E-state index contributed by atoms with van der Waals surface area (Å²) in [6, 6.07) is 0.479. The van der Waals surface area contributed by atoms with Gasteiger partial charge >= 0.3 is 0 Å². The number of carbonyl (C=O) groups is 1. The number of fused-ring (bicyclic) bond motifs is 2. The number of hydrogen-bond donors (Lipinski definition) is 2. The molecule has 2 N–H and O–H groups in total. The van der Waals surface area contributed by atoms with E-state index < -0.39 is 0 Å². The number of nitrogens with one attached hydrogen (secondary N) is 2. The molecule has 3 fully saturated rings. The molecule has 102 valence electrons. The lowest BCUT2D eigenvalue weighted by atomic mass is 9.75. The zero-order valence-electron chi connectivity index (χ0n) is 11.7. The molecular formula is C15H26N2O. The normalized spacial score (nSPS) is 42.7. The summed E-state index contributed by atoms with van der Waals surface area (Å²) >= 11 is 0. The summed E-state index contributed by atoms with van der Waals surface area (Å²) in [7, 11) is 0. The van der Waals surface area contributed by atoms with Crippen molar-refractivity contribution in [1.82, 2.24) is 10.6 Å². The molecule has 0 aromatic rings. The maximum atomic E-state index is 12.7. The van der Waals surface area contributed by atoms with Crippen molar-refractivity contribution in [3.05, 3.63) is 0 Å². The summed E-state index contributed by atoms with van der Waals surface area (Å²) in [4.78, 5) is 12.7. The van der Waals surface area contributed by atoms with Gasteiger partial charge in [0.1, 0.15) is 0 Å². The molecule has 0 aromatic carbocycles. The molecule has 4 atom stereocenters. The highest BCUT2D eigenvalue weighted by molar-refractivity contribution is 5.84. The molecule has 3 nitrogen and oxygen atoms in total. The summed E-state index contributed by atoms with van der Waals surface area (Å²) in [5.41, 5.74) is -0.151. The van der Waals surface area contributed by atoms with Gasteiger partial charge in [0.05, 0.1) is 5.41 Å². The minimum atomic E-state index is -0.151. The van der Waals surface area contributed by atoms with E-state index >= 15 is 0 Å². The number of hydrogen-bond acceptors (Lipinski definition) is 2. The first-order chi connectivity index (χ1) is 8.62. The zero-order chi connectivity index (χ0) is 12.8. The van der Waals surface area contributed by atoms with Crippen molar-refractivity contribution in [2.45, 2.75) is 52.0 Å². The summed E-state index contributed by atoms with van der Waals surface area (Å²) in [5.74, 6) is 2.42. The van der Waals surface area contributed by atoms with Gasteiger partial charge in [0.2, 0.25) is 5.91 Å². The average molecular weight is 250 g/mol. The zero-order valence-corrected chi connectivity index (χ0v) is 11.7. The minimum Gasteiger partial charge on any atom is -0.353 e. The first-order valence-electron chi connectivity index (χ1n) is 7.63. The average Bonchev–Trinajstić information content (AvgIpc) is 3.05. The number of carbonyl (C=O) groups excluding carboxylic acids is 1. The fourth-order valence-electron chi connectivity index (χ4n) is 4.39. The lowest BCUT2D eigenvalue weighted by Crippen LogP contribution is -2.50. The Morgan fingerprint density at radius 3 is 2.67 bits per heavy atom. The summed E-state index contributed by atoms with van der Waals surface area (Å²) < 4.78 is 0. The van der Waals surface area contributed by atoms with Crippen LogP contribution in [0.2, 0.25) is 0 Å². The quantitative estimate of drug-likeness (QED) is 0.803. The first-order valence-corrected chi connectivity index (χ1v) is 7.63. The van der Waals surface area contributed by atoms with E-state index in [0.717, 1.165) is 31.3 Å². The van der Waals surface area contributed by atoms with Crippen LogP contribution in [0.3, 0.4) is 0 Å². The summed E-state index contributed by atoms with van der Waals surface area (Å²) in [5, 5.41) is 6.77. The maximum Gasteiger partial charge on any atom is 0.228 e. The third-order valence-corrected chi connectivity index (χ3v) is 5.80. The van der Waals surface area contributed by atoms with E-state index in [4.69, 9.17) is 0 Å². The van der Waals surface area contributed by atoms with E-state index in [0.29, 0.717) is 17.9 Å². The molecule has 18 heavy (non-hydrogen) atoms. The van der Waals surface area contributed by atoms with Crippen molar-refractivity contribution in [3.63, 3.8) is 0 Å². The van der Waals surface area contributed by atoms with Crippen LogP contribution in [-0.2, 0) is 4.79 Å². The van der Waals surface area contributed by atoms with Crippen molar-refractivity contribution < 1.29 is 4.79 Å². The van der Waals surface area contributed by atoms with Crippen LogP contribution in [-0.4, -0.2) is 25.0 Å². The smallest absolute Gasteiger partial charge is 0.228 e. The van der Waals surface area contributed by atoms with Crippen molar-refractivity contribution in [3.8, 4) is 0 Å². The van der Waals surface area contributed by atoms with E-state index in [9.17, 15) is 4.79 Å². The van der Waals surface area contributed by atoms with Gasteiger partial charge in [-0.25, -0.2) is 0 Å². The van der Waals surface area contributed by atoms with Crippen molar-refractivity contribution in [2.24, 2.45) is 23.2 Å². The van der Waals surface area contributed by atoms with Crippen molar-refractivity contribution in [2.75, 3.05) is 13.1 Å². The molecule has 1 aliphatic heterocycles. The lowest BCUT2D eigenvalue weighted by Gasteiger charge is -2.34. The van der Waals surface area contributed by atoms with Crippen LogP contribution < -0.4 is 10.6 Å². The highest BCUT2D eigenvalue weighted by Crippen LogP contribution is 2.45. The second-order valence-corrected chi connectivity index (χ2v) is 6.99. The van der Waals surface area contributed by atoms with Crippen LogP contribution >= 0.6 is 0 Å². The van der Waals surface area contributed by atoms with Crippen molar-refractivity contribution >= 4 is 5.91 Å². The molecule has 2 aliphatic carbocycles. The Kier molecular flexibility index (Phi) is 3.13. The van der Waals surface area contributed by atoms with E-state index in [1.807, 2.05) is 0 Å². The van der Waals surface area contributed by atoms with E-state index in [2.05, 4.69) is 24.5 Å². The van der Waals surface area contributed by atoms with Crippen LogP contribution in [0.4, 0.5) is 0 Å². The Morgan fingerprint density at radius 2 is 2.17 bits per heavy atom. The Hall–Kier alpha value is -0.570. The standard InChI is InChI=1S/C15H26N2O/c1-10(2)15(5-6-16-9-15)14(18)17-13-8-11-3-4-12(13)7-11/h10-13,16H,3-9H2,1-2H3,(H,17,18). The topological polar surface area (TPSA) is 41.1 Å². The van der Waals surface area contributed by atoms with Crippen LogP contribution in [0, 0.1) is 23.2 Å². The van der Waals surface area contributed by atoms with Gasteiger partial charge in [0, 0.05) is 12.6 Å². The van der Waals surface area contributed by atoms with E-state index in [1.165, 1.54) is 25.7 Å². The second kappa shape index (κ2) is 4.52.